The van der Waals surface area contributed by atoms with Gasteiger partial charge in [-0.2, -0.15) is 0 Å². The monoisotopic (exact) mass is 393 g/mol. The van der Waals surface area contributed by atoms with E-state index in [-0.39, 0.29) is 23.8 Å². The average Bonchev–Trinajstić information content (AvgIpc) is 2.71. The molecule has 5 heteroatoms. The molecule has 0 radical (unpaired) electrons. The lowest BCUT2D eigenvalue weighted by atomic mass is 9.85. The predicted molar refractivity (Wildman–Crippen MR) is 118 cm³/mol. The number of carbonyl (C=O) groups excluding carboxylic acids is 2. The van der Waals surface area contributed by atoms with Crippen LogP contribution in [0.1, 0.15) is 36.5 Å². The molecule has 5 nitrogen and oxygen atoms in total. The van der Waals surface area contributed by atoms with E-state index < -0.39 is 0 Å². The number of nitrogens with zero attached hydrogens (tertiary/aromatic N) is 1. The van der Waals surface area contributed by atoms with Gasteiger partial charge in [-0.15, -0.1) is 0 Å². The second kappa shape index (κ2) is 9.12. The molecule has 1 atom stereocenters. The number of hydrogen-bond acceptors (Lipinski definition) is 2. The minimum atomic E-state index is -0.0852. The van der Waals surface area contributed by atoms with Crippen molar-refractivity contribution in [2.24, 2.45) is 11.8 Å². The molecular formula is C24H31N3O2. The van der Waals surface area contributed by atoms with Crippen LogP contribution < -0.4 is 10.6 Å². The Hall–Kier alpha value is -2.82. The molecule has 1 aliphatic rings. The molecule has 154 valence electrons. The highest BCUT2D eigenvalue weighted by molar-refractivity contribution is 5.93. The van der Waals surface area contributed by atoms with Gasteiger partial charge in [-0.05, 0) is 63.3 Å². The highest BCUT2D eigenvalue weighted by Gasteiger charge is 2.30. The minimum Gasteiger partial charge on any atom is -0.326 e. The normalized spacial score (nSPS) is 15.7. The van der Waals surface area contributed by atoms with E-state index in [0.717, 1.165) is 35.3 Å². The molecule has 0 bridgehead atoms. The summed E-state index contributed by atoms with van der Waals surface area (Å²) in [4.78, 5) is 27.1. The minimum absolute atomic E-state index is 0.0551. The van der Waals surface area contributed by atoms with E-state index in [1.54, 1.807) is 0 Å². The Kier molecular flexibility index (Phi) is 6.57. The number of carbonyl (C=O) groups is 2. The van der Waals surface area contributed by atoms with Crippen molar-refractivity contribution in [3.63, 3.8) is 0 Å². The van der Waals surface area contributed by atoms with Gasteiger partial charge in [0, 0.05) is 30.4 Å². The molecule has 1 saturated heterocycles. The number of hydrogen-bond donors (Lipinski definition) is 2. The van der Waals surface area contributed by atoms with Crippen LogP contribution >= 0.6 is 0 Å². The van der Waals surface area contributed by atoms with Crippen LogP contribution in [0.2, 0.25) is 0 Å². The van der Waals surface area contributed by atoms with E-state index in [9.17, 15) is 9.59 Å². The van der Waals surface area contributed by atoms with Gasteiger partial charge in [0.15, 0.2) is 0 Å². The summed E-state index contributed by atoms with van der Waals surface area (Å²) in [6.07, 6.45) is 1.67. The zero-order valence-corrected chi connectivity index (χ0v) is 17.8. The highest BCUT2D eigenvalue weighted by atomic mass is 16.2. The summed E-state index contributed by atoms with van der Waals surface area (Å²) in [7, 11) is 0. The van der Waals surface area contributed by atoms with Gasteiger partial charge in [0.05, 0.1) is 0 Å². The molecular weight excluding hydrogens is 362 g/mol. The van der Waals surface area contributed by atoms with E-state index >= 15 is 0 Å². The Bertz CT molecular complexity index is 868. The van der Waals surface area contributed by atoms with Gasteiger partial charge in [0.1, 0.15) is 0 Å². The lowest BCUT2D eigenvalue weighted by molar-refractivity contribution is -0.121. The van der Waals surface area contributed by atoms with Crippen LogP contribution in [0.4, 0.5) is 16.2 Å². The van der Waals surface area contributed by atoms with Crippen molar-refractivity contribution in [1.82, 2.24) is 4.90 Å². The molecule has 0 spiro atoms. The number of piperidine rings is 1. The molecule has 0 unspecified atom stereocenters. The van der Waals surface area contributed by atoms with Crippen LogP contribution in [0.25, 0.3) is 0 Å². The molecule has 1 fully saturated rings. The first kappa shape index (κ1) is 20.9. The Morgan fingerprint density at radius 3 is 2.17 bits per heavy atom. The molecule has 3 rings (SSSR count). The Morgan fingerprint density at radius 1 is 0.931 bits per heavy atom. The molecule has 2 N–H and O–H groups in total. The molecule has 1 heterocycles. The molecule has 1 aliphatic heterocycles. The fourth-order valence-corrected chi connectivity index (χ4v) is 3.86. The molecule has 0 saturated carbocycles. The topological polar surface area (TPSA) is 61.4 Å². The summed E-state index contributed by atoms with van der Waals surface area (Å²) in [6.45, 7) is 9.41. The van der Waals surface area contributed by atoms with E-state index in [1.165, 1.54) is 5.56 Å². The maximum absolute atomic E-state index is 12.7. The van der Waals surface area contributed by atoms with Gasteiger partial charge in [-0.3, -0.25) is 4.79 Å². The van der Waals surface area contributed by atoms with Gasteiger partial charge in [-0.1, -0.05) is 42.3 Å². The Labute approximate surface area is 173 Å². The molecule has 0 aliphatic carbocycles. The quantitative estimate of drug-likeness (QED) is 0.756. The van der Waals surface area contributed by atoms with Crippen LogP contribution in [-0.4, -0.2) is 29.9 Å². The number of urea groups is 1. The summed E-state index contributed by atoms with van der Waals surface area (Å²) in [6, 6.07) is 13.8. The number of rotatable bonds is 4. The number of benzene rings is 2. The smallest absolute Gasteiger partial charge is 0.321 e. The SMILES string of the molecule is Cc1ccc(NC(=O)N2CCC([C@H](C)C(=O)Nc3ccc(C)cc3C)CC2)cc1. The van der Waals surface area contributed by atoms with Crippen molar-refractivity contribution in [3.8, 4) is 0 Å². The third-order valence-electron chi connectivity index (χ3n) is 5.89. The maximum atomic E-state index is 12.7. The summed E-state index contributed by atoms with van der Waals surface area (Å²) in [5.74, 6) is 0.252. The zero-order chi connectivity index (χ0) is 21.0. The zero-order valence-electron chi connectivity index (χ0n) is 17.8. The van der Waals surface area contributed by atoms with Crippen LogP contribution in [0, 0.1) is 32.6 Å². The average molecular weight is 394 g/mol. The van der Waals surface area contributed by atoms with Crippen molar-refractivity contribution in [2.45, 2.75) is 40.5 Å². The number of aryl methyl sites for hydroxylation is 3. The fourth-order valence-electron chi connectivity index (χ4n) is 3.86. The lowest BCUT2D eigenvalue weighted by Crippen LogP contribution is -2.43. The first-order valence-corrected chi connectivity index (χ1v) is 10.3. The first-order valence-electron chi connectivity index (χ1n) is 10.3. The van der Waals surface area contributed by atoms with Crippen LogP contribution in [0.5, 0.6) is 0 Å². The van der Waals surface area contributed by atoms with E-state index in [4.69, 9.17) is 0 Å². The molecule has 0 aromatic heterocycles. The standard InChI is InChI=1S/C24H31N3O2/c1-16-5-8-21(9-6-16)25-24(29)27-13-11-20(12-14-27)19(4)23(28)26-22-10-7-17(2)15-18(22)3/h5-10,15,19-20H,11-14H2,1-4H3,(H,25,29)(H,26,28)/t19-/m0/s1. The number of nitrogens with one attached hydrogen (secondary N) is 2. The summed E-state index contributed by atoms with van der Waals surface area (Å²) < 4.78 is 0. The van der Waals surface area contributed by atoms with Crippen LogP contribution in [0.3, 0.4) is 0 Å². The van der Waals surface area contributed by atoms with Crippen LogP contribution in [-0.2, 0) is 4.79 Å². The van der Waals surface area contributed by atoms with Gasteiger partial charge < -0.3 is 15.5 Å². The van der Waals surface area contributed by atoms with E-state index in [0.29, 0.717) is 13.1 Å². The second-order valence-electron chi connectivity index (χ2n) is 8.22. The largest absolute Gasteiger partial charge is 0.326 e. The number of anilines is 2. The summed E-state index contributed by atoms with van der Waals surface area (Å²) >= 11 is 0. The highest BCUT2D eigenvalue weighted by Crippen LogP contribution is 2.27. The Morgan fingerprint density at radius 2 is 1.55 bits per heavy atom. The second-order valence-corrected chi connectivity index (χ2v) is 8.22. The Balaban J connectivity index is 1.50. The van der Waals surface area contributed by atoms with E-state index in [1.807, 2.05) is 69.0 Å². The molecule has 3 amide bonds. The molecule has 2 aromatic carbocycles. The third-order valence-corrected chi connectivity index (χ3v) is 5.89. The third kappa shape index (κ3) is 5.37. The molecule has 2 aromatic rings. The van der Waals surface area contributed by atoms with Crippen molar-refractivity contribution in [3.05, 3.63) is 59.2 Å². The summed E-state index contributed by atoms with van der Waals surface area (Å²) in [5, 5.41) is 6.03. The van der Waals surface area contributed by atoms with Crippen molar-refractivity contribution in [1.29, 1.82) is 0 Å². The van der Waals surface area contributed by atoms with Gasteiger partial charge >= 0.3 is 6.03 Å². The predicted octanol–water partition coefficient (Wildman–Crippen LogP) is 5.13. The maximum Gasteiger partial charge on any atom is 0.321 e. The number of likely N-dealkylation sites (tertiary alicyclic amines) is 1. The number of amides is 3. The van der Waals surface area contributed by atoms with Gasteiger partial charge in [0.25, 0.3) is 0 Å². The first-order chi connectivity index (χ1) is 13.8. The van der Waals surface area contributed by atoms with Crippen molar-refractivity contribution in [2.75, 3.05) is 23.7 Å². The van der Waals surface area contributed by atoms with Crippen molar-refractivity contribution < 1.29 is 9.59 Å². The lowest BCUT2D eigenvalue weighted by Gasteiger charge is -2.34. The van der Waals surface area contributed by atoms with Gasteiger partial charge in [0.2, 0.25) is 5.91 Å². The van der Waals surface area contributed by atoms with Crippen LogP contribution in [0.15, 0.2) is 42.5 Å². The van der Waals surface area contributed by atoms with Crippen molar-refractivity contribution >= 4 is 23.3 Å². The van der Waals surface area contributed by atoms with E-state index in [2.05, 4.69) is 16.7 Å². The van der Waals surface area contributed by atoms with Gasteiger partial charge in [-0.25, -0.2) is 4.79 Å². The summed E-state index contributed by atoms with van der Waals surface area (Å²) in [5.41, 5.74) is 5.11. The fraction of sp³-hybridized carbons (Fsp3) is 0.417. The molecule has 29 heavy (non-hydrogen) atoms.